The van der Waals surface area contributed by atoms with Crippen molar-refractivity contribution in [1.29, 1.82) is 0 Å². The van der Waals surface area contributed by atoms with Crippen LogP contribution in [0.25, 0.3) is 22.5 Å². The van der Waals surface area contributed by atoms with Crippen molar-refractivity contribution in [1.82, 2.24) is 24.7 Å². The molecule has 84 valence electrons. The average molecular weight is 225 g/mol. The Morgan fingerprint density at radius 2 is 2.24 bits per heavy atom. The van der Waals surface area contributed by atoms with Crippen LogP contribution in [0.3, 0.4) is 0 Å². The molecule has 0 spiro atoms. The summed E-state index contributed by atoms with van der Waals surface area (Å²) in [5, 5.41) is 4.45. The zero-order chi connectivity index (χ0) is 11.7. The minimum atomic E-state index is 0.830. The van der Waals surface area contributed by atoms with Crippen LogP contribution in [0.2, 0.25) is 0 Å². The van der Waals surface area contributed by atoms with E-state index in [-0.39, 0.29) is 0 Å². The van der Waals surface area contributed by atoms with Crippen molar-refractivity contribution in [2.75, 3.05) is 0 Å². The van der Waals surface area contributed by atoms with Gasteiger partial charge in [-0.15, -0.1) is 0 Å². The molecule has 0 aromatic carbocycles. The maximum atomic E-state index is 4.45. The molecule has 0 radical (unpaired) electrons. The Balaban J connectivity index is 2.18. The van der Waals surface area contributed by atoms with Crippen LogP contribution in [-0.4, -0.2) is 24.7 Å². The van der Waals surface area contributed by atoms with Gasteiger partial charge in [-0.05, 0) is 12.1 Å². The minimum absolute atomic E-state index is 0.830. The third-order valence-corrected chi connectivity index (χ3v) is 2.56. The normalized spacial score (nSPS) is 10.6. The molecule has 0 saturated carbocycles. The quantitative estimate of drug-likeness (QED) is 0.724. The van der Waals surface area contributed by atoms with Crippen LogP contribution in [0, 0.1) is 0 Å². The summed E-state index contributed by atoms with van der Waals surface area (Å²) in [5.41, 5.74) is 3.87. The summed E-state index contributed by atoms with van der Waals surface area (Å²) in [4.78, 5) is 11.2. The fourth-order valence-electron chi connectivity index (χ4n) is 1.81. The summed E-state index contributed by atoms with van der Waals surface area (Å²) in [5.74, 6) is 0. The zero-order valence-corrected chi connectivity index (χ0v) is 9.33. The first kappa shape index (κ1) is 9.77. The molecule has 1 N–H and O–H groups in total. The van der Waals surface area contributed by atoms with E-state index >= 15 is 0 Å². The fourth-order valence-corrected chi connectivity index (χ4v) is 1.81. The second kappa shape index (κ2) is 3.86. The van der Waals surface area contributed by atoms with Crippen LogP contribution < -0.4 is 0 Å². The molecule has 17 heavy (non-hydrogen) atoms. The number of nitrogens with one attached hydrogen (secondary N) is 1. The van der Waals surface area contributed by atoms with Crippen molar-refractivity contribution < 1.29 is 0 Å². The van der Waals surface area contributed by atoms with E-state index < -0.39 is 0 Å². The molecule has 0 aliphatic rings. The molecule has 3 rings (SSSR count). The van der Waals surface area contributed by atoms with Crippen molar-refractivity contribution >= 4 is 0 Å². The van der Waals surface area contributed by atoms with Crippen molar-refractivity contribution in [2.24, 2.45) is 7.05 Å². The number of aromatic nitrogens is 5. The smallest absolute Gasteiger partial charge is 0.119 e. The van der Waals surface area contributed by atoms with Gasteiger partial charge in [-0.1, -0.05) is 0 Å². The van der Waals surface area contributed by atoms with E-state index in [0.29, 0.717) is 0 Å². The van der Waals surface area contributed by atoms with Crippen molar-refractivity contribution in [3.63, 3.8) is 0 Å². The lowest BCUT2D eigenvalue weighted by Gasteiger charge is -1.98. The Kier molecular flexibility index (Phi) is 2.22. The van der Waals surface area contributed by atoms with Crippen LogP contribution in [0.4, 0.5) is 0 Å². The van der Waals surface area contributed by atoms with Gasteiger partial charge in [-0.25, -0.2) is 9.97 Å². The number of H-pyrrole nitrogens is 1. The third kappa shape index (κ3) is 1.71. The predicted octanol–water partition coefficient (Wildman–Crippen LogP) is 1.87. The molecule has 3 aromatic rings. The van der Waals surface area contributed by atoms with E-state index in [4.69, 9.17) is 0 Å². The summed E-state index contributed by atoms with van der Waals surface area (Å²) >= 11 is 0. The Labute approximate surface area is 98.2 Å². The lowest BCUT2D eigenvalue weighted by molar-refractivity contribution is 0.770. The highest BCUT2D eigenvalue weighted by molar-refractivity contribution is 5.78. The molecule has 0 aliphatic heterocycles. The number of hydrogen-bond donors (Lipinski definition) is 1. The van der Waals surface area contributed by atoms with Crippen LogP contribution in [0.15, 0.2) is 43.2 Å². The number of rotatable bonds is 2. The molecule has 0 saturated heterocycles. The summed E-state index contributed by atoms with van der Waals surface area (Å²) in [6.45, 7) is 0. The molecule has 0 fully saturated rings. The second-order valence-corrected chi connectivity index (χ2v) is 3.76. The molecule has 0 amide bonds. The molecule has 5 nitrogen and oxygen atoms in total. The highest BCUT2D eigenvalue weighted by Gasteiger charge is 2.12. The SMILES string of the molecule is Cn1cc(-c2cc[nH]c2)c(-c2ccncn2)n1. The standard InChI is InChI=1S/C12H11N5/c1-17-7-10(9-2-4-13-6-9)12(16-17)11-3-5-14-8-15-11/h2-8,13H,1H3. The predicted molar refractivity (Wildman–Crippen MR) is 64.0 cm³/mol. The molecule has 3 heterocycles. The first-order chi connectivity index (χ1) is 8.34. The lowest BCUT2D eigenvalue weighted by atomic mass is 10.1. The van der Waals surface area contributed by atoms with Gasteiger partial charge in [-0.3, -0.25) is 4.68 Å². The molecule has 3 aromatic heterocycles. The lowest BCUT2D eigenvalue weighted by Crippen LogP contribution is -1.89. The van der Waals surface area contributed by atoms with Gasteiger partial charge in [0.25, 0.3) is 0 Å². The van der Waals surface area contributed by atoms with E-state index in [2.05, 4.69) is 20.1 Å². The van der Waals surface area contributed by atoms with Crippen LogP contribution in [-0.2, 0) is 7.05 Å². The van der Waals surface area contributed by atoms with Gasteiger partial charge in [-0.2, -0.15) is 5.10 Å². The maximum Gasteiger partial charge on any atom is 0.119 e. The highest BCUT2D eigenvalue weighted by atomic mass is 15.3. The van der Waals surface area contributed by atoms with Crippen molar-refractivity contribution in [3.8, 4) is 22.5 Å². The van der Waals surface area contributed by atoms with Gasteiger partial charge in [0, 0.05) is 43.0 Å². The van der Waals surface area contributed by atoms with Crippen LogP contribution in [0.5, 0.6) is 0 Å². The number of aromatic amines is 1. The molecule has 0 atom stereocenters. The van der Waals surface area contributed by atoms with E-state index in [1.807, 2.05) is 37.8 Å². The van der Waals surface area contributed by atoms with Crippen LogP contribution >= 0.6 is 0 Å². The first-order valence-electron chi connectivity index (χ1n) is 5.28. The summed E-state index contributed by atoms with van der Waals surface area (Å²) in [6, 6.07) is 3.88. The summed E-state index contributed by atoms with van der Waals surface area (Å²) in [7, 11) is 1.90. The van der Waals surface area contributed by atoms with Crippen molar-refractivity contribution in [2.45, 2.75) is 0 Å². The van der Waals surface area contributed by atoms with Gasteiger partial charge in [0.05, 0.1) is 5.69 Å². The largest absolute Gasteiger partial charge is 0.367 e. The molecular formula is C12H11N5. The number of nitrogens with zero attached hydrogens (tertiary/aromatic N) is 4. The van der Waals surface area contributed by atoms with E-state index in [9.17, 15) is 0 Å². The van der Waals surface area contributed by atoms with Gasteiger partial charge in [0.15, 0.2) is 0 Å². The zero-order valence-electron chi connectivity index (χ0n) is 9.33. The van der Waals surface area contributed by atoms with E-state index in [1.165, 1.54) is 6.33 Å². The number of hydrogen-bond acceptors (Lipinski definition) is 3. The maximum absolute atomic E-state index is 4.45. The van der Waals surface area contributed by atoms with Crippen molar-refractivity contribution in [3.05, 3.63) is 43.2 Å². The van der Waals surface area contributed by atoms with E-state index in [0.717, 1.165) is 22.5 Å². The molecular weight excluding hydrogens is 214 g/mol. The molecule has 0 aliphatic carbocycles. The van der Waals surface area contributed by atoms with Gasteiger partial charge >= 0.3 is 0 Å². The molecule has 5 heteroatoms. The first-order valence-corrected chi connectivity index (χ1v) is 5.28. The fraction of sp³-hybridized carbons (Fsp3) is 0.0833. The van der Waals surface area contributed by atoms with E-state index in [1.54, 1.807) is 10.9 Å². The summed E-state index contributed by atoms with van der Waals surface area (Å²) in [6.07, 6.45) is 9.08. The molecule has 0 unspecified atom stereocenters. The monoisotopic (exact) mass is 225 g/mol. The van der Waals surface area contributed by atoms with Gasteiger partial charge < -0.3 is 4.98 Å². The Morgan fingerprint density at radius 3 is 2.94 bits per heavy atom. The molecule has 0 bridgehead atoms. The average Bonchev–Trinajstić information content (AvgIpc) is 2.98. The topological polar surface area (TPSA) is 59.4 Å². The summed E-state index contributed by atoms with van der Waals surface area (Å²) < 4.78 is 1.79. The Hall–Kier alpha value is -2.43. The Bertz CT molecular complexity index is 610. The van der Waals surface area contributed by atoms with Gasteiger partial charge in [0.2, 0.25) is 0 Å². The third-order valence-electron chi connectivity index (χ3n) is 2.56. The minimum Gasteiger partial charge on any atom is -0.367 e. The second-order valence-electron chi connectivity index (χ2n) is 3.76. The number of aryl methyl sites for hydroxylation is 1. The van der Waals surface area contributed by atoms with Gasteiger partial charge in [0.1, 0.15) is 12.0 Å². The Morgan fingerprint density at radius 1 is 1.29 bits per heavy atom. The van der Waals surface area contributed by atoms with Crippen LogP contribution in [0.1, 0.15) is 0 Å². The highest BCUT2D eigenvalue weighted by Crippen LogP contribution is 2.28.